The van der Waals surface area contributed by atoms with Crippen molar-refractivity contribution in [2.24, 2.45) is 34.0 Å². The zero-order chi connectivity index (χ0) is 76.4. The molecule has 0 bridgehead atoms. The Morgan fingerprint density at radius 1 is 0.553 bits per heavy atom. The van der Waals surface area contributed by atoms with E-state index in [9.17, 15) is 82.1 Å². The molecular weight excluding hydrogens is 1350 g/mol. The molecule has 3 aromatic heterocycles. The SMILES string of the molecule is CC(C)[C@H](NC(=O)[C@H](CCCN=C(N)N)NC(=O)[C@H](CC(=O)O)NC(=O)[C@H](Cc1c[nH]c2ccccc12)NC(=O)[C@H](CCC(=O)O)NC(=O)[C@H](C)NC(=O)[C@H](C)N)C(=O)N[C@@H](Cc1cnc[nH]1)C(=O)N1CCC[C@H]1C(=O)N[C@H](C(=O)N[C@@H](Cc1cnc[nH]1)C(=O)N[C@@H](C)C(=O)NCC(=O)O)C(C)C. The van der Waals surface area contributed by atoms with Crippen molar-refractivity contribution in [3.63, 3.8) is 0 Å². The Hall–Kier alpha value is -11.5. The fourth-order valence-electron chi connectivity index (χ4n) is 10.9. The van der Waals surface area contributed by atoms with Crippen LogP contribution in [0, 0.1) is 11.8 Å². The molecule has 39 nitrogen and oxygen atoms in total. The molecule has 0 saturated carbocycles. The van der Waals surface area contributed by atoms with Crippen molar-refractivity contribution in [1.82, 2.24) is 88.3 Å². The average Bonchev–Trinajstić information content (AvgIpc) is 1.72. The van der Waals surface area contributed by atoms with E-state index in [1.54, 1.807) is 52.0 Å². The highest BCUT2D eigenvalue weighted by Gasteiger charge is 2.42. The summed E-state index contributed by atoms with van der Waals surface area (Å²) in [5.41, 5.74) is 18.5. The molecule has 12 amide bonds. The number of carboxylic acid groups (broad SMARTS) is 3. The average molecular weight is 1440 g/mol. The standard InChI is InChI=1S/C64H93N21O18/c1-30(2)50(62(102)82-45(22-37-26-69-29-74-37)63(103)85-19-11-15-46(85)60(100)84-51(31(3)4)61(101)81-43(21-36-25-68-28-73-36)57(97)76-33(6)53(93)72-27-49(90)91)83-56(96)40(14-10-18-70-64(66)67)78-59(99)44(23-48(88)89)80-58(98)42(20-35-24-71-39-13-9-8-12-38(35)39)79-55(95)41(16-17-47(86)87)77-54(94)34(7)75-52(92)32(5)65/h8-9,12-13,24-26,28-34,40-46,50-51,71H,10-11,14-23,27,65H2,1-7H3,(H,68,73)(H,69,74)(H,72,93)(H,75,92)(H,76,97)(H,77,94)(H,78,99)(H,79,95)(H,80,98)(H,81,101)(H,82,102)(H,83,96)(H,84,100)(H,86,87)(H,88,89)(H,90,91)(H4,66,67,70)/t32-,33-,34-,40-,41-,42-,43-,44-,45-,46-,50-,51-/m0/s1. The number of fused-ring (bicyclic) bond motifs is 1. The molecule has 0 radical (unpaired) electrons. The van der Waals surface area contributed by atoms with Gasteiger partial charge in [0.2, 0.25) is 70.9 Å². The molecule has 1 aliphatic rings. The van der Waals surface area contributed by atoms with Gasteiger partial charge in [0.15, 0.2) is 5.96 Å². The van der Waals surface area contributed by atoms with Gasteiger partial charge in [0.05, 0.1) is 25.1 Å². The van der Waals surface area contributed by atoms with Crippen molar-refractivity contribution in [2.45, 2.75) is 185 Å². The number of likely N-dealkylation sites (tertiary alicyclic amines) is 1. The van der Waals surface area contributed by atoms with Crippen molar-refractivity contribution in [3.05, 3.63) is 72.5 Å². The van der Waals surface area contributed by atoms with E-state index in [1.807, 2.05) is 0 Å². The third kappa shape index (κ3) is 25.9. The third-order valence-corrected chi connectivity index (χ3v) is 16.5. The fraction of sp³-hybridized carbons (Fsp3) is 0.531. The van der Waals surface area contributed by atoms with E-state index in [0.717, 1.165) is 0 Å². The van der Waals surface area contributed by atoms with E-state index >= 15 is 0 Å². The third-order valence-electron chi connectivity index (χ3n) is 16.5. The molecule has 5 rings (SSSR count). The highest BCUT2D eigenvalue weighted by molar-refractivity contribution is 6.01. The van der Waals surface area contributed by atoms with E-state index in [2.05, 4.69) is 88.4 Å². The van der Waals surface area contributed by atoms with Gasteiger partial charge in [-0.3, -0.25) is 76.9 Å². The summed E-state index contributed by atoms with van der Waals surface area (Å²) >= 11 is 0. The van der Waals surface area contributed by atoms with Gasteiger partial charge in [0, 0.05) is 79.7 Å². The van der Waals surface area contributed by atoms with Crippen LogP contribution in [0.3, 0.4) is 0 Å². The van der Waals surface area contributed by atoms with Crippen LogP contribution in [0.25, 0.3) is 10.9 Å². The van der Waals surface area contributed by atoms with Crippen LogP contribution in [0.1, 0.15) is 110 Å². The number of guanidine groups is 1. The van der Waals surface area contributed by atoms with Crippen LogP contribution < -0.4 is 75.7 Å². The minimum atomic E-state index is -2.02. The molecule has 1 saturated heterocycles. The van der Waals surface area contributed by atoms with E-state index in [4.69, 9.17) is 22.3 Å². The number of aliphatic imine (C=N–C) groups is 1. The van der Waals surface area contributed by atoms with E-state index in [0.29, 0.717) is 27.9 Å². The molecule has 1 aliphatic heterocycles. The van der Waals surface area contributed by atoms with Crippen molar-refractivity contribution in [1.29, 1.82) is 0 Å². The van der Waals surface area contributed by atoms with Crippen LogP contribution in [-0.2, 0) is 91.2 Å². The molecule has 4 aromatic rings. The molecule has 1 fully saturated rings. The number of carbonyl (C=O) groups is 15. The van der Waals surface area contributed by atoms with Gasteiger partial charge in [-0.2, -0.15) is 0 Å². The van der Waals surface area contributed by atoms with Crippen LogP contribution in [0.4, 0.5) is 0 Å². The van der Waals surface area contributed by atoms with Gasteiger partial charge in [0.25, 0.3) is 0 Å². The van der Waals surface area contributed by atoms with Crippen LogP contribution in [0.15, 0.2) is 60.5 Å². The Balaban J connectivity index is 1.38. The van der Waals surface area contributed by atoms with Gasteiger partial charge < -0.3 is 111 Å². The number of rotatable bonds is 41. The molecule has 1 aromatic carbocycles. The number of hydrogen-bond donors (Lipinski definition) is 20. The normalized spacial score (nSPS) is 15.9. The molecule has 0 unspecified atom stereocenters. The summed E-state index contributed by atoms with van der Waals surface area (Å²) < 4.78 is 0. The lowest BCUT2D eigenvalue weighted by molar-refractivity contribution is -0.143. The molecule has 23 N–H and O–H groups in total. The second-order valence-corrected chi connectivity index (χ2v) is 25.5. The Bertz CT molecular complexity index is 3690. The summed E-state index contributed by atoms with van der Waals surface area (Å²) in [6.45, 7) is 9.45. The van der Waals surface area contributed by atoms with Crippen LogP contribution in [0.5, 0.6) is 0 Å². The van der Waals surface area contributed by atoms with Gasteiger partial charge >= 0.3 is 17.9 Å². The summed E-state index contributed by atoms with van der Waals surface area (Å²) in [5.74, 6) is -17.2. The lowest BCUT2D eigenvalue weighted by atomic mass is 10.00. The summed E-state index contributed by atoms with van der Waals surface area (Å²) in [7, 11) is 0. The number of nitrogens with two attached hydrogens (primary N) is 3. The van der Waals surface area contributed by atoms with Crippen LogP contribution >= 0.6 is 0 Å². The number of carbonyl (C=O) groups excluding carboxylic acids is 12. The zero-order valence-electron chi connectivity index (χ0n) is 58.0. The number of aliphatic carboxylic acids is 3. The molecule has 12 atom stereocenters. The monoisotopic (exact) mass is 1440 g/mol. The Kier molecular flexibility index (Phi) is 31.5. The number of aromatic amines is 3. The Morgan fingerprint density at radius 2 is 1.06 bits per heavy atom. The summed E-state index contributed by atoms with van der Waals surface area (Å²) in [4.78, 5) is 225. The summed E-state index contributed by atoms with van der Waals surface area (Å²) in [5, 5.41) is 56.7. The number of para-hydroxylation sites is 1. The quantitative estimate of drug-likeness (QED) is 0.0112. The smallest absolute Gasteiger partial charge is 0.322 e. The minimum absolute atomic E-state index is 0.00339. The van der Waals surface area contributed by atoms with Crippen molar-refractivity contribution in [3.8, 4) is 0 Å². The zero-order valence-corrected chi connectivity index (χ0v) is 58.0. The first kappa shape index (κ1) is 82.1. The topological polar surface area (TPSA) is 616 Å². The number of benzene rings is 1. The van der Waals surface area contributed by atoms with Gasteiger partial charge in [-0.05, 0) is 76.3 Å². The predicted molar refractivity (Wildman–Crippen MR) is 365 cm³/mol. The Labute approximate surface area is 590 Å². The highest BCUT2D eigenvalue weighted by Crippen LogP contribution is 2.23. The predicted octanol–water partition coefficient (Wildman–Crippen LogP) is -5.23. The first-order valence-electron chi connectivity index (χ1n) is 33.2. The Morgan fingerprint density at radius 3 is 1.64 bits per heavy atom. The number of carboxylic acids is 3. The molecule has 0 spiro atoms. The lowest BCUT2D eigenvalue weighted by Gasteiger charge is -2.32. The maximum atomic E-state index is 14.9. The van der Waals surface area contributed by atoms with Crippen molar-refractivity contribution >= 4 is 106 Å². The number of H-pyrrole nitrogens is 3. The number of amides is 12. The largest absolute Gasteiger partial charge is 0.481 e. The summed E-state index contributed by atoms with van der Waals surface area (Å²) in [6, 6.07) is -10.7. The minimum Gasteiger partial charge on any atom is -0.481 e. The number of nitrogens with one attached hydrogen (secondary N) is 14. The number of imidazole rings is 2. The number of nitrogens with zero attached hydrogens (tertiary/aromatic N) is 4. The van der Waals surface area contributed by atoms with E-state index < -0.39 is 199 Å². The number of aromatic nitrogens is 5. The molecule has 4 heterocycles. The van der Waals surface area contributed by atoms with E-state index in [1.165, 1.54) is 56.9 Å². The maximum absolute atomic E-state index is 14.9. The first-order valence-corrected chi connectivity index (χ1v) is 33.2. The van der Waals surface area contributed by atoms with Crippen LogP contribution in [0.2, 0.25) is 0 Å². The van der Waals surface area contributed by atoms with Gasteiger partial charge in [-0.1, -0.05) is 45.9 Å². The maximum Gasteiger partial charge on any atom is 0.322 e. The summed E-state index contributed by atoms with van der Waals surface area (Å²) in [6.07, 6.45) is 3.95. The molecule has 562 valence electrons. The first-order chi connectivity index (χ1) is 48.6. The number of hydrogen-bond acceptors (Lipinski definition) is 19. The van der Waals surface area contributed by atoms with Crippen molar-refractivity contribution < 1.29 is 87.2 Å². The van der Waals surface area contributed by atoms with E-state index in [-0.39, 0.29) is 64.0 Å². The van der Waals surface area contributed by atoms with Crippen molar-refractivity contribution in [2.75, 3.05) is 19.6 Å². The van der Waals surface area contributed by atoms with Gasteiger partial charge in [-0.25, -0.2) is 9.97 Å². The fourth-order valence-corrected chi connectivity index (χ4v) is 10.9. The second kappa shape index (κ2) is 39.5. The molecule has 39 heteroatoms. The van der Waals surface area contributed by atoms with Gasteiger partial charge in [0.1, 0.15) is 73.0 Å². The highest BCUT2D eigenvalue weighted by atomic mass is 16.4. The molecule has 103 heavy (non-hydrogen) atoms. The van der Waals surface area contributed by atoms with Gasteiger partial charge in [-0.15, -0.1) is 0 Å². The lowest BCUT2D eigenvalue weighted by Crippen LogP contribution is -2.62. The van der Waals surface area contributed by atoms with Crippen LogP contribution in [-0.4, -0.2) is 232 Å². The molecular formula is C64H93N21O18. The second-order valence-electron chi connectivity index (χ2n) is 25.5. The molecule has 0 aliphatic carbocycles.